The van der Waals surface area contributed by atoms with E-state index < -0.39 is 5.97 Å². The van der Waals surface area contributed by atoms with Crippen LogP contribution in [0.5, 0.6) is 5.88 Å². The maximum Gasteiger partial charge on any atom is 0.357 e. The highest BCUT2D eigenvalue weighted by Gasteiger charge is 2.20. The van der Waals surface area contributed by atoms with E-state index in [0.717, 1.165) is 5.56 Å². The summed E-state index contributed by atoms with van der Waals surface area (Å²) >= 11 is 3.19. The molecule has 0 aliphatic carbocycles. The Labute approximate surface area is 112 Å². The van der Waals surface area contributed by atoms with Crippen molar-refractivity contribution in [2.24, 2.45) is 7.05 Å². The molecule has 2 rings (SSSR count). The Kier molecular flexibility index (Phi) is 3.66. The predicted molar refractivity (Wildman–Crippen MR) is 68.6 cm³/mol. The second kappa shape index (κ2) is 5.22. The molecule has 0 unspecified atom stereocenters. The van der Waals surface area contributed by atoms with Gasteiger partial charge in [-0.15, -0.1) is 0 Å². The molecule has 1 heterocycles. The van der Waals surface area contributed by atoms with Gasteiger partial charge in [-0.1, -0.05) is 30.3 Å². The van der Waals surface area contributed by atoms with E-state index in [4.69, 9.17) is 9.84 Å². The Balaban J connectivity index is 2.17. The molecule has 0 radical (unpaired) electrons. The number of ether oxygens (including phenoxy) is 1. The van der Waals surface area contributed by atoms with Crippen molar-refractivity contribution in [1.29, 1.82) is 0 Å². The molecule has 0 amide bonds. The third kappa shape index (κ3) is 2.53. The zero-order valence-electron chi connectivity index (χ0n) is 9.63. The van der Waals surface area contributed by atoms with Crippen molar-refractivity contribution in [3.8, 4) is 5.88 Å². The molecular weight excluding hydrogens is 300 g/mol. The summed E-state index contributed by atoms with van der Waals surface area (Å²) in [7, 11) is 1.64. The first-order valence-electron chi connectivity index (χ1n) is 5.22. The highest BCUT2D eigenvalue weighted by molar-refractivity contribution is 9.10. The number of aromatic nitrogens is 2. The molecule has 0 aliphatic heterocycles. The summed E-state index contributed by atoms with van der Waals surface area (Å²) in [6, 6.07) is 9.62. The monoisotopic (exact) mass is 310 g/mol. The lowest BCUT2D eigenvalue weighted by atomic mass is 10.2. The summed E-state index contributed by atoms with van der Waals surface area (Å²) in [6.45, 7) is 0.359. The zero-order chi connectivity index (χ0) is 13.1. The van der Waals surface area contributed by atoms with E-state index >= 15 is 0 Å². The molecule has 0 saturated carbocycles. The first-order valence-corrected chi connectivity index (χ1v) is 6.01. The first kappa shape index (κ1) is 12.6. The van der Waals surface area contributed by atoms with Crippen molar-refractivity contribution in [1.82, 2.24) is 9.78 Å². The van der Waals surface area contributed by atoms with E-state index in [1.165, 1.54) is 4.68 Å². The summed E-state index contributed by atoms with van der Waals surface area (Å²) in [5.41, 5.74) is 0.947. The van der Waals surface area contributed by atoms with Crippen LogP contribution in [0.25, 0.3) is 0 Å². The number of aromatic carboxylic acids is 1. The van der Waals surface area contributed by atoms with Crippen molar-refractivity contribution in [2.75, 3.05) is 0 Å². The van der Waals surface area contributed by atoms with E-state index in [-0.39, 0.29) is 5.69 Å². The van der Waals surface area contributed by atoms with Gasteiger partial charge in [0.15, 0.2) is 5.69 Å². The van der Waals surface area contributed by atoms with Crippen molar-refractivity contribution in [3.63, 3.8) is 0 Å². The van der Waals surface area contributed by atoms with Gasteiger partial charge in [0.2, 0.25) is 5.88 Å². The Morgan fingerprint density at radius 3 is 2.67 bits per heavy atom. The van der Waals surface area contributed by atoms with Crippen LogP contribution in [0.4, 0.5) is 0 Å². The topological polar surface area (TPSA) is 64.4 Å². The standard InChI is InChI=1S/C12H11BrN2O3/c1-15-11(9(13)10(14-15)12(16)17)18-7-8-5-3-2-4-6-8/h2-6H,7H2,1H3,(H,16,17). The van der Waals surface area contributed by atoms with Crippen molar-refractivity contribution < 1.29 is 14.6 Å². The molecule has 0 aliphatic rings. The average Bonchev–Trinajstić information content (AvgIpc) is 2.64. The van der Waals surface area contributed by atoms with Crippen LogP contribution in [0.2, 0.25) is 0 Å². The fourth-order valence-corrected chi connectivity index (χ4v) is 2.12. The molecule has 6 heteroatoms. The Morgan fingerprint density at radius 2 is 2.11 bits per heavy atom. The lowest BCUT2D eigenvalue weighted by Gasteiger charge is -2.06. The number of carbonyl (C=O) groups is 1. The summed E-state index contributed by atoms with van der Waals surface area (Å²) in [5.74, 6) is -0.691. The number of carboxylic acids is 1. The molecule has 0 bridgehead atoms. The Morgan fingerprint density at radius 1 is 1.44 bits per heavy atom. The lowest BCUT2D eigenvalue weighted by molar-refractivity contribution is 0.0688. The summed E-state index contributed by atoms with van der Waals surface area (Å²) in [6.07, 6.45) is 0. The molecule has 94 valence electrons. The number of hydrogen-bond donors (Lipinski definition) is 1. The van der Waals surface area contributed by atoms with Crippen LogP contribution in [0.1, 0.15) is 16.1 Å². The molecule has 1 N–H and O–H groups in total. The van der Waals surface area contributed by atoms with E-state index in [0.29, 0.717) is 17.0 Å². The van der Waals surface area contributed by atoms with Gasteiger partial charge in [0.25, 0.3) is 0 Å². The van der Waals surface area contributed by atoms with Crippen LogP contribution >= 0.6 is 15.9 Å². The van der Waals surface area contributed by atoms with Gasteiger partial charge in [-0.05, 0) is 21.5 Å². The molecule has 0 saturated heterocycles. The van der Waals surface area contributed by atoms with Gasteiger partial charge in [0, 0.05) is 7.05 Å². The van der Waals surface area contributed by atoms with Gasteiger partial charge < -0.3 is 9.84 Å². The quantitative estimate of drug-likeness (QED) is 0.942. The summed E-state index contributed by atoms with van der Waals surface area (Å²) in [4.78, 5) is 10.9. The smallest absolute Gasteiger partial charge is 0.357 e. The van der Waals surface area contributed by atoms with Crippen molar-refractivity contribution >= 4 is 21.9 Å². The van der Waals surface area contributed by atoms with E-state index in [1.54, 1.807) is 7.05 Å². The Hall–Kier alpha value is -1.82. The second-order valence-corrected chi connectivity index (χ2v) is 4.46. The Bertz CT molecular complexity index is 566. The molecule has 0 fully saturated rings. The minimum Gasteiger partial charge on any atom is -0.476 e. The number of rotatable bonds is 4. The minimum absolute atomic E-state index is 0.0550. The van der Waals surface area contributed by atoms with E-state index in [1.807, 2.05) is 30.3 Å². The molecule has 2 aromatic rings. The van der Waals surface area contributed by atoms with Crippen LogP contribution < -0.4 is 4.74 Å². The van der Waals surface area contributed by atoms with Crippen LogP contribution in [0.3, 0.4) is 0 Å². The SMILES string of the molecule is Cn1nc(C(=O)O)c(Br)c1OCc1ccccc1. The molecule has 1 aromatic carbocycles. The van der Waals surface area contributed by atoms with E-state index in [9.17, 15) is 4.79 Å². The molecule has 1 aromatic heterocycles. The zero-order valence-corrected chi connectivity index (χ0v) is 11.2. The van der Waals surface area contributed by atoms with Crippen LogP contribution in [0, 0.1) is 0 Å². The van der Waals surface area contributed by atoms with E-state index in [2.05, 4.69) is 21.0 Å². The molecule has 0 atom stereocenters. The lowest BCUT2D eigenvalue weighted by Crippen LogP contribution is -2.01. The largest absolute Gasteiger partial charge is 0.476 e. The third-order valence-corrected chi connectivity index (χ3v) is 3.08. The van der Waals surface area contributed by atoms with Crippen LogP contribution in [0.15, 0.2) is 34.8 Å². The number of nitrogens with zero attached hydrogens (tertiary/aromatic N) is 2. The minimum atomic E-state index is -1.09. The summed E-state index contributed by atoms with van der Waals surface area (Å²) in [5, 5.41) is 12.8. The van der Waals surface area contributed by atoms with Crippen LogP contribution in [-0.2, 0) is 13.7 Å². The normalized spacial score (nSPS) is 10.3. The maximum absolute atomic E-state index is 10.9. The first-order chi connectivity index (χ1) is 8.59. The highest BCUT2D eigenvalue weighted by Crippen LogP contribution is 2.28. The van der Waals surface area contributed by atoms with Crippen molar-refractivity contribution in [2.45, 2.75) is 6.61 Å². The molecule has 0 spiro atoms. The van der Waals surface area contributed by atoms with Gasteiger partial charge in [-0.3, -0.25) is 0 Å². The van der Waals surface area contributed by atoms with Crippen LogP contribution in [-0.4, -0.2) is 20.9 Å². The van der Waals surface area contributed by atoms with Gasteiger partial charge >= 0.3 is 5.97 Å². The molecule has 18 heavy (non-hydrogen) atoms. The molecular formula is C12H11BrN2O3. The average molecular weight is 311 g/mol. The highest BCUT2D eigenvalue weighted by atomic mass is 79.9. The summed E-state index contributed by atoms with van der Waals surface area (Å²) < 4.78 is 7.33. The molecule has 5 nitrogen and oxygen atoms in total. The fourth-order valence-electron chi connectivity index (χ4n) is 1.50. The number of benzene rings is 1. The van der Waals surface area contributed by atoms with Gasteiger partial charge in [0.05, 0.1) is 0 Å². The van der Waals surface area contributed by atoms with Gasteiger partial charge in [-0.2, -0.15) is 5.10 Å². The maximum atomic E-state index is 10.9. The third-order valence-electron chi connectivity index (χ3n) is 2.36. The number of aryl methyl sites for hydroxylation is 1. The fraction of sp³-hybridized carbons (Fsp3) is 0.167. The second-order valence-electron chi connectivity index (χ2n) is 3.67. The number of halogens is 1. The predicted octanol–water partition coefficient (Wildman–Crippen LogP) is 2.46. The van der Waals surface area contributed by atoms with Crippen molar-refractivity contribution in [3.05, 3.63) is 46.1 Å². The number of hydrogen-bond acceptors (Lipinski definition) is 3. The van der Waals surface area contributed by atoms with Gasteiger partial charge in [-0.25, -0.2) is 9.48 Å². The number of carboxylic acid groups (broad SMARTS) is 1. The van der Waals surface area contributed by atoms with Gasteiger partial charge in [0.1, 0.15) is 11.1 Å².